The van der Waals surface area contributed by atoms with Crippen molar-refractivity contribution >= 4 is 21.9 Å². The van der Waals surface area contributed by atoms with Gasteiger partial charge >= 0.3 is 5.97 Å². The van der Waals surface area contributed by atoms with E-state index >= 15 is 0 Å². The van der Waals surface area contributed by atoms with E-state index in [1.54, 1.807) is 6.92 Å². The van der Waals surface area contributed by atoms with Gasteiger partial charge in [0.05, 0.1) is 12.0 Å². The van der Waals surface area contributed by atoms with Crippen molar-refractivity contribution in [3.8, 4) is 0 Å². The number of aliphatic hydroxyl groups excluding tert-OH is 1. The summed E-state index contributed by atoms with van der Waals surface area (Å²) in [6.45, 7) is 3.55. The number of carbonyl (C=O) groups is 1. The van der Waals surface area contributed by atoms with Gasteiger partial charge in [0.1, 0.15) is 0 Å². The first-order chi connectivity index (χ1) is 7.41. The highest BCUT2D eigenvalue weighted by Crippen LogP contribution is 2.25. The van der Waals surface area contributed by atoms with Gasteiger partial charge in [-0.25, -0.2) is 0 Å². The Balaban J connectivity index is 2.76. The van der Waals surface area contributed by atoms with Gasteiger partial charge < -0.3 is 10.2 Å². The molecule has 4 heteroatoms. The Morgan fingerprint density at radius 1 is 1.50 bits per heavy atom. The summed E-state index contributed by atoms with van der Waals surface area (Å²) >= 11 is 3.38. The Hall–Kier alpha value is -0.870. The Labute approximate surface area is 103 Å². The van der Waals surface area contributed by atoms with Crippen LogP contribution in [0.25, 0.3) is 0 Å². The van der Waals surface area contributed by atoms with Gasteiger partial charge in [-0.1, -0.05) is 35.0 Å². The molecule has 2 atom stereocenters. The average molecular weight is 287 g/mol. The van der Waals surface area contributed by atoms with Crippen molar-refractivity contribution in [2.45, 2.75) is 26.4 Å². The molecule has 2 unspecified atom stereocenters. The minimum atomic E-state index is -0.884. The lowest BCUT2D eigenvalue weighted by molar-refractivity contribution is -0.142. The molecule has 0 aromatic heterocycles. The zero-order valence-corrected chi connectivity index (χ0v) is 10.9. The number of halogens is 1. The van der Waals surface area contributed by atoms with Gasteiger partial charge in [-0.05, 0) is 30.5 Å². The third-order valence-electron chi connectivity index (χ3n) is 2.58. The summed E-state index contributed by atoms with van der Waals surface area (Å²) in [5, 5.41) is 18.6. The topological polar surface area (TPSA) is 57.5 Å². The molecule has 0 aliphatic carbocycles. The number of hydrogen-bond acceptors (Lipinski definition) is 2. The fourth-order valence-electron chi connectivity index (χ4n) is 1.39. The molecule has 0 saturated carbocycles. The highest BCUT2D eigenvalue weighted by molar-refractivity contribution is 9.10. The van der Waals surface area contributed by atoms with Gasteiger partial charge in [-0.3, -0.25) is 4.79 Å². The number of carboxylic acids is 1. The van der Waals surface area contributed by atoms with Crippen LogP contribution in [0, 0.1) is 12.8 Å². The molecule has 0 spiro atoms. The summed E-state index contributed by atoms with van der Waals surface area (Å²) in [5.41, 5.74) is 1.83. The van der Waals surface area contributed by atoms with Crippen molar-refractivity contribution in [3.63, 3.8) is 0 Å². The fourth-order valence-corrected chi connectivity index (χ4v) is 1.78. The summed E-state index contributed by atoms with van der Waals surface area (Å²) in [5.74, 6) is -1.43. The normalized spacial score (nSPS) is 14.5. The molecule has 0 fully saturated rings. The lowest BCUT2D eigenvalue weighted by Crippen LogP contribution is -2.13. The molecule has 16 heavy (non-hydrogen) atoms. The van der Waals surface area contributed by atoms with Crippen LogP contribution in [0.15, 0.2) is 22.7 Å². The predicted molar refractivity (Wildman–Crippen MR) is 65.3 cm³/mol. The SMILES string of the molecule is Cc1ccc(C(O)CC(C)C(=O)O)cc1Br. The van der Waals surface area contributed by atoms with Gasteiger partial charge in [0.2, 0.25) is 0 Å². The number of aliphatic carboxylic acids is 1. The minimum absolute atomic E-state index is 0.227. The van der Waals surface area contributed by atoms with E-state index in [0.717, 1.165) is 15.6 Å². The summed E-state index contributed by atoms with van der Waals surface area (Å²) in [4.78, 5) is 10.7. The molecule has 0 aliphatic rings. The third-order valence-corrected chi connectivity index (χ3v) is 3.43. The van der Waals surface area contributed by atoms with E-state index in [-0.39, 0.29) is 6.42 Å². The monoisotopic (exact) mass is 286 g/mol. The van der Waals surface area contributed by atoms with E-state index in [4.69, 9.17) is 5.11 Å². The van der Waals surface area contributed by atoms with Crippen LogP contribution in [-0.4, -0.2) is 16.2 Å². The van der Waals surface area contributed by atoms with Crippen LogP contribution in [0.3, 0.4) is 0 Å². The number of aliphatic hydroxyl groups is 1. The van der Waals surface area contributed by atoms with Crippen LogP contribution in [0.2, 0.25) is 0 Å². The molecular formula is C12H15BrO3. The van der Waals surface area contributed by atoms with Gasteiger partial charge in [0.25, 0.3) is 0 Å². The van der Waals surface area contributed by atoms with Crippen LogP contribution >= 0.6 is 15.9 Å². The third kappa shape index (κ3) is 3.32. The van der Waals surface area contributed by atoms with Crippen LogP contribution < -0.4 is 0 Å². The largest absolute Gasteiger partial charge is 0.481 e. The van der Waals surface area contributed by atoms with Gasteiger partial charge in [0, 0.05) is 4.47 Å². The highest BCUT2D eigenvalue weighted by atomic mass is 79.9. The van der Waals surface area contributed by atoms with Gasteiger partial charge in [0.15, 0.2) is 0 Å². The molecule has 3 nitrogen and oxygen atoms in total. The average Bonchev–Trinajstić information content (AvgIpc) is 2.21. The molecule has 2 N–H and O–H groups in total. The van der Waals surface area contributed by atoms with E-state index in [1.807, 2.05) is 25.1 Å². The number of carboxylic acid groups (broad SMARTS) is 1. The van der Waals surface area contributed by atoms with Crippen LogP contribution in [0.4, 0.5) is 0 Å². The quantitative estimate of drug-likeness (QED) is 0.895. The standard InChI is InChI=1S/C12H15BrO3/c1-7-3-4-9(6-10(7)13)11(14)5-8(2)12(15)16/h3-4,6,8,11,14H,5H2,1-2H3,(H,15,16). The van der Waals surface area contributed by atoms with E-state index < -0.39 is 18.0 Å². The maximum Gasteiger partial charge on any atom is 0.306 e. The molecule has 0 radical (unpaired) electrons. The first-order valence-corrected chi connectivity index (χ1v) is 5.88. The van der Waals surface area contributed by atoms with E-state index in [9.17, 15) is 9.90 Å². The Bertz CT molecular complexity index is 390. The number of hydrogen-bond donors (Lipinski definition) is 2. The zero-order chi connectivity index (χ0) is 12.3. The maximum atomic E-state index is 10.7. The minimum Gasteiger partial charge on any atom is -0.481 e. The first-order valence-electron chi connectivity index (χ1n) is 5.08. The van der Waals surface area contributed by atoms with Crippen molar-refractivity contribution in [1.29, 1.82) is 0 Å². The summed E-state index contributed by atoms with van der Waals surface area (Å²) in [6.07, 6.45) is -0.506. The lowest BCUT2D eigenvalue weighted by Gasteiger charge is -2.14. The highest BCUT2D eigenvalue weighted by Gasteiger charge is 2.17. The van der Waals surface area contributed by atoms with Gasteiger partial charge in [-0.2, -0.15) is 0 Å². The first kappa shape index (κ1) is 13.2. The molecule has 0 amide bonds. The molecule has 0 bridgehead atoms. The summed E-state index contributed by atoms with van der Waals surface area (Å²) < 4.78 is 0.923. The second-order valence-corrected chi connectivity index (χ2v) is 4.85. The Kier molecular flexibility index (Phi) is 4.50. The predicted octanol–water partition coefficient (Wildman–Crippen LogP) is 2.90. The zero-order valence-electron chi connectivity index (χ0n) is 9.27. The Morgan fingerprint density at radius 2 is 2.12 bits per heavy atom. The Morgan fingerprint density at radius 3 is 2.62 bits per heavy atom. The second kappa shape index (κ2) is 5.46. The fraction of sp³-hybridized carbons (Fsp3) is 0.417. The molecule has 0 saturated heterocycles. The van der Waals surface area contributed by atoms with Gasteiger partial charge in [-0.15, -0.1) is 0 Å². The van der Waals surface area contributed by atoms with Crippen molar-refractivity contribution in [3.05, 3.63) is 33.8 Å². The van der Waals surface area contributed by atoms with Crippen molar-refractivity contribution < 1.29 is 15.0 Å². The van der Waals surface area contributed by atoms with Crippen molar-refractivity contribution in [1.82, 2.24) is 0 Å². The summed E-state index contributed by atoms with van der Waals surface area (Å²) in [7, 11) is 0. The molecular weight excluding hydrogens is 272 g/mol. The molecule has 0 heterocycles. The van der Waals surface area contributed by atoms with Crippen LogP contribution in [-0.2, 0) is 4.79 Å². The molecule has 0 aliphatic heterocycles. The molecule has 1 rings (SSSR count). The molecule has 1 aromatic carbocycles. The second-order valence-electron chi connectivity index (χ2n) is 4.00. The maximum absolute atomic E-state index is 10.7. The molecule has 88 valence electrons. The lowest BCUT2D eigenvalue weighted by atomic mass is 9.98. The smallest absolute Gasteiger partial charge is 0.306 e. The van der Waals surface area contributed by atoms with Crippen LogP contribution in [0.5, 0.6) is 0 Å². The van der Waals surface area contributed by atoms with Crippen molar-refractivity contribution in [2.75, 3.05) is 0 Å². The van der Waals surface area contributed by atoms with E-state index in [1.165, 1.54) is 0 Å². The van der Waals surface area contributed by atoms with E-state index in [0.29, 0.717) is 0 Å². The van der Waals surface area contributed by atoms with Crippen molar-refractivity contribution in [2.24, 2.45) is 5.92 Å². The van der Waals surface area contributed by atoms with Crippen LogP contribution in [0.1, 0.15) is 30.6 Å². The van der Waals surface area contributed by atoms with E-state index in [2.05, 4.69) is 15.9 Å². The number of rotatable bonds is 4. The molecule has 1 aromatic rings. The number of aryl methyl sites for hydroxylation is 1. The summed E-state index contributed by atoms with van der Waals surface area (Å²) in [6, 6.07) is 5.54. The number of benzene rings is 1.